The van der Waals surface area contributed by atoms with Crippen LogP contribution in [0.15, 0.2) is 12.4 Å². The van der Waals surface area contributed by atoms with Crippen LogP contribution in [-0.2, 0) is 4.57 Å². The molecule has 0 bridgehead atoms. The third-order valence-corrected chi connectivity index (χ3v) is 21.2. The van der Waals surface area contributed by atoms with E-state index in [1.54, 1.807) is 13.3 Å². The van der Waals surface area contributed by atoms with Gasteiger partial charge in [0.05, 0.1) is 0 Å². The first-order valence-corrected chi connectivity index (χ1v) is 19.4. The Kier molecular flexibility index (Phi) is 9.36. The molecule has 0 spiro atoms. The van der Waals surface area contributed by atoms with Gasteiger partial charge >= 0.3 is 148 Å². The Morgan fingerprint density at radius 3 is 1.65 bits per heavy atom. The molecule has 23 heavy (non-hydrogen) atoms. The Hall–Kier alpha value is 0.109. The van der Waals surface area contributed by atoms with E-state index in [0.29, 0.717) is 5.44 Å². The first kappa shape index (κ1) is 21.2. The molecule has 0 saturated heterocycles. The fourth-order valence-corrected chi connectivity index (χ4v) is 18.9. The van der Waals surface area contributed by atoms with Gasteiger partial charge in [-0.05, 0) is 0 Å². The zero-order valence-corrected chi connectivity index (χ0v) is 19.5. The Balaban J connectivity index is 3.15. The standard InChI is InChI=1S/C6H8N2OP.3C4H9.Sn/c1-10(2,9)6-5-7-3-4-8-6;3*1-3-4-2;/h4-5H,1-2H3;3*1,3-4H2,2H3;. The topological polar surface area (TPSA) is 42.9 Å². The van der Waals surface area contributed by atoms with Crippen LogP contribution in [0.25, 0.3) is 0 Å². The van der Waals surface area contributed by atoms with Gasteiger partial charge in [0.2, 0.25) is 0 Å². The predicted molar refractivity (Wildman–Crippen MR) is 106 cm³/mol. The van der Waals surface area contributed by atoms with Crippen molar-refractivity contribution in [3.8, 4) is 0 Å². The number of hydrogen-bond acceptors (Lipinski definition) is 3. The van der Waals surface area contributed by atoms with E-state index < -0.39 is 25.5 Å². The van der Waals surface area contributed by atoms with Gasteiger partial charge in [0.25, 0.3) is 0 Å². The summed E-state index contributed by atoms with van der Waals surface area (Å²) in [6, 6.07) is 0. The van der Waals surface area contributed by atoms with Gasteiger partial charge in [-0.25, -0.2) is 0 Å². The van der Waals surface area contributed by atoms with E-state index in [-0.39, 0.29) is 0 Å². The van der Waals surface area contributed by atoms with Crippen molar-refractivity contribution in [1.82, 2.24) is 9.97 Å². The van der Waals surface area contributed by atoms with Crippen molar-refractivity contribution in [2.75, 3.05) is 13.3 Å². The quantitative estimate of drug-likeness (QED) is 0.364. The molecule has 0 aliphatic rings. The van der Waals surface area contributed by atoms with E-state index in [9.17, 15) is 4.57 Å². The van der Waals surface area contributed by atoms with Gasteiger partial charge in [-0.2, -0.15) is 0 Å². The van der Waals surface area contributed by atoms with Gasteiger partial charge in [-0.15, -0.1) is 0 Å². The summed E-state index contributed by atoms with van der Waals surface area (Å²) in [5.41, 5.74) is 0.683. The van der Waals surface area contributed by atoms with E-state index in [0.717, 1.165) is 0 Å². The average molecular weight is 445 g/mol. The van der Waals surface area contributed by atoms with E-state index in [1.807, 2.05) is 12.4 Å². The molecule has 1 heterocycles. The van der Waals surface area contributed by atoms with Gasteiger partial charge in [0.1, 0.15) is 0 Å². The van der Waals surface area contributed by atoms with Crippen LogP contribution in [0.1, 0.15) is 59.3 Å². The summed E-state index contributed by atoms with van der Waals surface area (Å²) in [5.74, 6) is 0. The van der Waals surface area contributed by atoms with Crippen LogP contribution in [0.4, 0.5) is 0 Å². The van der Waals surface area contributed by atoms with Crippen LogP contribution in [0.2, 0.25) is 13.3 Å². The maximum atomic E-state index is 12.2. The number of hydrogen-bond donors (Lipinski definition) is 0. The Morgan fingerprint density at radius 1 is 0.870 bits per heavy atom. The van der Waals surface area contributed by atoms with E-state index in [1.165, 1.54) is 55.5 Å². The van der Waals surface area contributed by atoms with Crippen molar-refractivity contribution in [2.24, 2.45) is 0 Å². The zero-order chi connectivity index (χ0) is 17.3. The van der Waals surface area contributed by atoms with Crippen LogP contribution >= 0.6 is 7.14 Å². The predicted octanol–water partition coefficient (Wildman–Crippen LogP) is 4.78. The third-order valence-electron chi connectivity index (χ3n) is 4.76. The third kappa shape index (κ3) is 6.49. The molecule has 0 N–H and O–H groups in total. The fraction of sp³-hybridized carbons (Fsp3) is 0.778. The molecular weight excluding hydrogens is 410 g/mol. The molecule has 1 aromatic heterocycles. The molecule has 0 aromatic carbocycles. The van der Waals surface area contributed by atoms with Crippen molar-refractivity contribution in [1.29, 1.82) is 0 Å². The zero-order valence-electron chi connectivity index (χ0n) is 15.8. The number of aromatic nitrogens is 2. The molecular formula is C18H35N2OPSn. The van der Waals surface area contributed by atoms with Gasteiger partial charge in [-0.1, -0.05) is 0 Å². The van der Waals surface area contributed by atoms with Gasteiger partial charge in [0.15, 0.2) is 0 Å². The second kappa shape index (κ2) is 10.2. The Bertz CT molecular complexity index is 476. The molecule has 1 rings (SSSR count). The van der Waals surface area contributed by atoms with Crippen molar-refractivity contribution in [3.63, 3.8) is 0 Å². The molecule has 0 atom stereocenters. The van der Waals surface area contributed by atoms with Gasteiger partial charge < -0.3 is 0 Å². The van der Waals surface area contributed by atoms with E-state index >= 15 is 0 Å². The van der Waals surface area contributed by atoms with Crippen LogP contribution in [0, 0.1) is 0 Å². The second-order valence-electron chi connectivity index (χ2n) is 7.20. The van der Waals surface area contributed by atoms with Gasteiger partial charge in [-0.3, -0.25) is 0 Å². The van der Waals surface area contributed by atoms with Crippen molar-refractivity contribution in [3.05, 3.63) is 12.4 Å². The SMILES string of the molecule is CCC[CH2][Sn]([CH2]CCC)([CH2]CCC)[c]1cnc(P(C)(C)=O)cn1. The molecule has 3 nitrogen and oxygen atoms in total. The van der Waals surface area contributed by atoms with E-state index in [2.05, 4.69) is 25.8 Å². The first-order valence-electron chi connectivity index (χ1n) is 9.27. The molecule has 0 fully saturated rings. The summed E-state index contributed by atoms with van der Waals surface area (Å²) in [6.07, 6.45) is 11.6. The minimum absolute atomic E-state index is 0.683. The molecule has 0 saturated carbocycles. The molecule has 1 aromatic rings. The summed E-state index contributed by atoms with van der Waals surface area (Å²) in [7, 11) is -2.30. The maximum absolute atomic E-state index is 12.2. The second-order valence-corrected chi connectivity index (χ2v) is 23.4. The first-order chi connectivity index (χ1) is 10.9. The molecule has 0 radical (unpaired) electrons. The molecule has 5 heteroatoms. The van der Waals surface area contributed by atoms with Crippen molar-refractivity contribution < 1.29 is 4.57 Å². The Labute approximate surface area is 147 Å². The van der Waals surface area contributed by atoms with E-state index in [4.69, 9.17) is 4.98 Å². The number of rotatable bonds is 11. The van der Waals surface area contributed by atoms with Crippen LogP contribution in [0.3, 0.4) is 0 Å². The summed E-state index contributed by atoms with van der Waals surface area (Å²) >= 11 is -2.47. The van der Waals surface area contributed by atoms with Crippen LogP contribution in [0.5, 0.6) is 0 Å². The monoisotopic (exact) mass is 446 g/mol. The molecule has 0 amide bonds. The number of nitrogens with zero attached hydrogens (tertiary/aromatic N) is 2. The van der Waals surface area contributed by atoms with Crippen LogP contribution in [-0.4, -0.2) is 41.7 Å². The summed E-state index contributed by atoms with van der Waals surface area (Å²) in [6.45, 7) is 10.4. The molecule has 0 aliphatic heterocycles. The summed E-state index contributed by atoms with van der Waals surface area (Å²) < 4.78 is 17.7. The summed E-state index contributed by atoms with van der Waals surface area (Å²) in [4.78, 5) is 9.40. The van der Waals surface area contributed by atoms with Gasteiger partial charge in [0, 0.05) is 0 Å². The number of unbranched alkanes of at least 4 members (excludes halogenated alkanes) is 3. The minimum atomic E-state index is -2.47. The average Bonchev–Trinajstić information content (AvgIpc) is 2.54. The normalized spacial score (nSPS) is 12.6. The Morgan fingerprint density at radius 2 is 1.35 bits per heavy atom. The van der Waals surface area contributed by atoms with Crippen molar-refractivity contribution in [2.45, 2.75) is 72.6 Å². The molecule has 132 valence electrons. The fourth-order valence-electron chi connectivity index (χ4n) is 3.18. The van der Waals surface area contributed by atoms with Crippen LogP contribution < -0.4 is 9.14 Å². The molecule has 0 aliphatic carbocycles. The molecule has 0 unspecified atom stereocenters. The summed E-state index contributed by atoms with van der Waals surface area (Å²) in [5, 5.41) is 0. The van der Waals surface area contributed by atoms with Crippen molar-refractivity contribution >= 4 is 34.7 Å².